The van der Waals surface area contributed by atoms with Gasteiger partial charge in [-0.3, -0.25) is 9.97 Å². The minimum atomic E-state index is -0.642. The van der Waals surface area contributed by atoms with Gasteiger partial charge in [0.2, 0.25) is 0 Å². The van der Waals surface area contributed by atoms with Crippen LogP contribution in [0.2, 0.25) is 10.0 Å². The van der Waals surface area contributed by atoms with Crippen LogP contribution in [0.5, 0.6) is 11.5 Å². The summed E-state index contributed by atoms with van der Waals surface area (Å²) in [6.45, 7) is 7.98. The quantitative estimate of drug-likeness (QED) is 0.112. The molecule has 6 aliphatic rings. The molecule has 382 valence electrons. The molecule has 4 aliphatic carbocycles. The second kappa shape index (κ2) is 17.4. The highest BCUT2D eigenvalue weighted by molar-refractivity contribution is 6.31. The van der Waals surface area contributed by atoms with Crippen molar-refractivity contribution in [1.82, 2.24) is 43.9 Å². The summed E-state index contributed by atoms with van der Waals surface area (Å²) in [6, 6.07) is 20.0. The van der Waals surface area contributed by atoms with Gasteiger partial charge in [-0.05, 0) is 115 Å². The Labute approximate surface area is 437 Å². The topological polar surface area (TPSA) is 184 Å². The van der Waals surface area contributed by atoms with Crippen LogP contribution < -0.4 is 15.2 Å². The predicted molar refractivity (Wildman–Crippen MR) is 282 cm³/mol. The minimum Gasteiger partial charge on any atom is -0.490 e. The number of anilines is 1. The lowest BCUT2D eigenvalue weighted by Gasteiger charge is -2.48. The third-order valence-corrected chi connectivity index (χ3v) is 16.4. The van der Waals surface area contributed by atoms with Crippen LogP contribution >= 0.6 is 23.2 Å². The first-order chi connectivity index (χ1) is 35.5. The Bertz CT molecular complexity index is 3520. The molecule has 2 spiro atoms. The molecule has 0 unspecified atom stereocenters. The maximum absolute atomic E-state index is 6.55. The van der Waals surface area contributed by atoms with Crippen LogP contribution in [0.15, 0.2) is 103 Å². The fourth-order valence-corrected chi connectivity index (χ4v) is 13.3. The van der Waals surface area contributed by atoms with Crippen molar-refractivity contribution in [3.63, 3.8) is 0 Å². The maximum Gasteiger partial charge on any atom is 0.166 e. The summed E-state index contributed by atoms with van der Waals surface area (Å²) in [4.78, 5) is 33.0. The van der Waals surface area contributed by atoms with Crippen LogP contribution in [-0.4, -0.2) is 113 Å². The number of pyridine rings is 2. The van der Waals surface area contributed by atoms with Gasteiger partial charge in [0.05, 0.1) is 74.7 Å². The maximum atomic E-state index is 6.55. The molecule has 6 atom stereocenters. The number of hydrogen-bond donors (Lipinski definition) is 1. The van der Waals surface area contributed by atoms with E-state index in [1.54, 1.807) is 25.1 Å². The monoisotopic (exact) mass is 1040 g/mol. The number of fused-ring (bicyclic) bond motifs is 8. The zero-order valence-electron chi connectivity index (χ0n) is 41.9. The van der Waals surface area contributed by atoms with Crippen molar-refractivity contribution in [1.29, 1.82) is 0 Å². The van der Waals surface area contributed by atoms with Crippen molar-refractivity contribution >= 4 is 85.0 Å². The number of nitrogen functional groups attached to an aromatic ring is 1. The molecule has 0 bridgehead atoms. The van der Waals surface area contributed by atoms with E-state index in [9.17, 15) is 0 Å². The van der Waals surface area contributed by atoms with Crippen molar-refractivity contribution in [2.24, 2.45) is 15.8 Å². The molecule has 14 rings (SSSR count). The van der Waals surface area contributed by atoms with E-state index in [4.69, 9.17) is 57.4 Å². The number of aromatic nitrogens is 8. The molecule has 6 fully saturated rings. The predicted octanol–water partition coefficient (Wildman–Crippen LogP) is 10.5. The molecular weight excluding hydrogens is 982 g/mol. The minimum absolute atomic E-state index is 0.000559. The highest BCUT2D eigenvalue weighted by atomic mass is 35.5. The molecule has 2 aromatic carbocycles. The van der Waals surface area contributed by atoms with Crippen molar-refractivity contribution in [2.45, 2.75) is 127 Å². The summed E-state index contributed by atoms with van der Waals surface area (Å²) in [5.74, 6) is 1.53. The summed E-state index contributed by atoms with van der Waals surface area (Å²) in [6.07, 6.45) is 17.9. The number of hydrogen-bond acceptors (Lipinski definition) is 14. The number of benzene rings is 2. The molecule has 2 aliphatic heterocycles. The van der Waals surface area contributed by atoms with Gasteiger partial charge in [0.1, 0.15) is 53.5 Å². The Morgan fingerprint density at radius 1 is 0.622 bits per heavy atom. The molecule has 74 heavy (non-hydrogen) atoms. The molecule has 0 radical (unpaired) electrons. The Morgan fingerprint density at radius 2 is 1.11 bits per heavy atom. The van der Waals surface area contributed by atoms with Gasteiger partial charge < -0.3 is 48.2 Å². The Hall–Kier alpha value is -6.21. The highest BCUT2D eigenvalue weighted by Gasteiger charge is 2.68. The number of nitrogens with zero attached hydrogens (tertiary/aromatic N) is 10. The molecule has 6 aromatic heterocycles. The van der Waals surface area contributed by atoms with Crippen LogP contribution in [-0.2, 0) is 18.9 Å². The molecule has 4 saturated carbocycles. The van der Waals surface area contributed by atoms with Gasteiger partial charge >= 0.3 is 0 Å². The van der Waals surface area contributed by atoms with Crippen LogP contribution in [0, 0.1) is 10.8 Å². The molecule has 8 aromatic rings. The lowest BCUT2D eigenvalue weighted by Crippen LogP contribution is -2.50. The average Bonchev–Trinajstić information content (AvgIpc) is 4.27. The largest absolute Gasteiger partial charge is 0.490 e. The number of aliphatic imine (C=N–C) groups is 1. The van der Waals surface area contributed by atoms with E-state index in [2.05, 4.69) is 50.2 Å². The number of halogens is 2. The summed E-state index contributed by atoms with van der Waals surface area (Å²) in [5.41, 5.74) is 9.51. The van der Waals surface area contributed by atoms with E-state index in [-0.39, 0.29) is 59.5 Å². The lowest BCUT2D eigenvalue weighted by molar-refractivity contribution is -0.186. The molecular formula is C55H57Cl2N11O6. The van der Waals surface area contributed by atoms with E-state index in [1.165, 1.54) is 6.33 Å². The van der Waals surface area contributed by atoms with Crippen molar-refractivity contribution in [3.05, 3.63) is 108 Å². The summed E-state index contributed by atoms with van der Waals surface area (Å²) in [7, 11) is 3.87. The standard InChI is InChI=1S/C29H31ClN6O3.C26H26ClN5O3/c1-28(2)38-24-23(36-8-7-21-26(34-16-35(3)4)32-15-33-27(21)36)13-29(25(24)39-28)11-20(12-29)37-19-6-5-17-9-18(30)14-31-22(17)10-19;1-25(2)34-21-20(32-6-5-18-23(28)30-13-31-24(18)32)11-26(22(21)35-25)9-17(10-26)33-16-4-3-14-7-15(27)12-29-19(14)8-16/h5-10,14-16,20,23-25H,11-13H2,1-4H3;3-8,12-13,17,20-22H,9-11H2,1-2H3,(H2,28,30,31)/t20?,23-,24+,25+,29?;17?,20-,21+,22+,26?/m11/s1. The Morgan fingerprint density at radius 3 is 1.62 bits per heavy atom. The van der Waals surface area contributed by atoms with Gasteiger partial charge in [-0.1, -0.05) is 23.2 Å². The van der Waals surface area contributed by atoms with E-state index < -0.39 is 11.6 Å². The van der Waals surface area contributed by atoms with Crippen LogP contribution in [0.25, 0.3) is 43.9 Å². The summed E-state index contributed by atoms with van der Waals surface area (Å²) in [5, 5.41) is 5.04. The highest BCUT2D eigenvalue weighted by Crippen LogP contribution is 2.64. The Kier molecular flexibility index (Phi) is 11.2. The van der Waals surface area contributed by atoms with Gasteiger partial charge in [0, 0.05) is 72.6 Å². The van der Waals surface area contributed by atoms with Gasteiger partial charge in [0.25, 0.3) is 0 Å². The second-order valence-corrected chi connectivity index (χ2v) is 23.1. The molecule has 8 heterocycles. The van der Waals surface area contributed by atoms with E-state index >= 15 is 0 Å². The zero-order chi connectivity index (χ0) is 50.9. The second-order valence-electron chi connectivity index (χ2n) is 22.2. The average molecular weight is 1040 g/mol. The van der Waals surface area contributed by atoms with Gasteiger partial charge in [-0.15, -0.1) is 0 Å². The first-order valence-electron chi connectivity index (χ1n) is 25.2. The molecule has 2 N–H and O–H groups in total. The van der Waals surface area contributed by atoms with Gasteiger partial charge in [0.15, 0.2) is 17.4 Å². The third kappa shape index (κ3) is 8.27. The zero-order valence-corrected chi connectivity index (χ0v) is 43.4. The molecule has 19 heteroatoms. The first-order valence-corrected chi connectivity index (χ1v) is 26.0. The van der Waals surface area contributed by atoms with Crippen molar-refractivity contribution < 1.29 is 28.4 Å². The van der Waals surface area contributed by atoms with E-state index in [0.29, 0.717) is 21.7 Å². The Balaban J connectivity index is 0.000000144. The first kappa shape index (κ1) is 47.5. The SMILES string of the molecule is CC1(C)O[C@H]2[C@H](n3ccc4c(N)ncnc43)CC3(CC(Oc4ccc5cc(Cl)cnc5c4)C3)[C@H]2O1.CN(C)C=Nc1ncnc2c1ccn2[C@@H]1CC2(CC(Oc3ccc4cc(Cl)cnc4c3)C2)[C@H]2OC(C)(C)O[C@@H]12. The number of nitrogens with two attached hydrogens (primary N) is 1. The van der Waals surface area contributed by atoms with Crippen molar-refractivity contribution in [2.75, 3.05) is 19.8 Å². The normalized spacial score (nSPS) is 30.2. The van der Waals surface area contributed by atoms with E-state index in [1.807, 2.05) is 114 Å². The summed E-state index contributed by atoms with van der Waals surface area (Å²) < 4.78 is 43.2. The molecule has 2 saturated heterocycles. The van der Waals surface area contributed by atoms with Crippen LogP contribution in [0.3, 0.4) is 0 Å². The van der Waals surface area contributed by atoms with Crippen LogP contribution in [0.4, 0.5) is 11.6 Å². The summed E-state index contributed by atoms with van der Waals surface area (Å²) >= 11 is 12.2. The third-order valence-electron chi connectivity index (χ3n) is 16.0. The van der Waals surface area contributed by atoms with Crippen molar-refractivity contribution in [3.8, 4) is 11.5 Å². The van der Waals surface area contributed by atoms with Crippen LogP contribution in [0.1, 0.15) is 78.3 Å². The molecule has 17 nitrogen and oxygen atoms in total. The fourth-order valence-electron chi connectivity index (χ4n) is 13.0. The fraction of sp³-hybridized carbons (Fsp3) is 0.436. The molecule has 0 amide bonds. The van der Waals surface area contributed by atoms with Gasteiger partial charge in [-0.25, -0.2) is 24.9 Å². The number of ether oxygens (including phenoxy) is 6. The number of rotatable bonds is 8. The van der Waals surface area contributed by atoms with E-state index in [0.717, 1.165) is 93.9 Å². The lowest BCUT2D eigenvalue weighted by atomic mass is 9.64. The van der Waals surface area contributed by atoms with Gasteiger partial charge in [-0.2, -0.15) is 0 Å². The smallest absolute Gasteiger partial charge is 0.166 e.